The molecule has 7 nitrogen and oxygen atoms in total. The van der Waals surface area contributed by atoms with E-state index in [1.165, 1.54) is 6.33 Å². The van der Waals surface area contributed by atoms with Gasteiger partial charge in [0, 0.05) is 12.0 Å². The van der Waals surface area contributed by atoms with Crippen LogP contribution in [0.3, 0.4) is 0 Å². The van der Waals surface area contributed by atoms with Crippen molar-refractivity contribution in [1.82, 2.24) is 15.2 Å². The third-order valence-electron chi connectivity index (χ3n) is 4.18. The predicted octanol–water partition coefficient (Wildman–Crippen LogP) is 2.79. The minimum absolute atomic E-state index is 0.150. The zero-order valence-corrected chi connectivity index (χ0v) is 14.1. The van der Waals surface area contributed by atoms with Crippen LogP contribution in [-0.2, 0) is 26.4 Å². The van der Waals surface area contributed by atoms with Crippen LogP contribution < -0.4 is 0 Å². The van der Waals surface area contributed by atoms with Crippen LogP contribution in [0.1, 0.15) is 24.9 Å². The van der Waals surface area contributed by atoms with Crippen LogP contribution in [0.25, 0.3) is 11.0 Å². The number of nitrogens with one attached hydrogen (secondary N) is 1. The minimum atomic E-state index is -1.03. The summed E-state index contributed by atoms with van der Waals surface area (Å²) in [6.07, 6.45) is 2.68. The van der Waals surface area contributed by atoms with Gasteiger partial charge in [0.2, 0.25) is 5.79 Å². The molecule has 25 heavy (non-hydrogen) atoms. The average molecular weight is 343 g/mol. The van der Waals surface area contributed by atoms with Crippen molar-refractivity contribution in [1.29, 1.82) is 0 Å². The van der Waals surface area contributed by atoms with Crippen LogP contribution in [0.15, 0.2) is 41.1 Å². The van der Waals surface area contributed by atoms with Gasteiger partial charge in [0.05, 0.1) is 19.6 Å². The van der Waals surface area contributed by atoms with Gasteiger partial charge in [0.1, 0.15) is 23.8 Å². The summed E-state index contributed by atoms with van der Waals surface area (Å²) in [5.74, 6) is 0.275. The van der Waals surface area contributed by atoms with Crippen LogP contribution in [0.5, 0.6) is 0 Å². The van der Waals surface area contributed by atoms with Gasteiger partial charge in [-0.15, -0.1) is 0 Å². The minimum Gasteiger partial charge on any atom is -0.455 e. The maximum absolute atomic E-state index is 6.26. The number of rotatable bonds is 7. The molecule has 1 fully saturated rings. The third kappa shape index (κ3) is 3.30. The number of para-hydroxylation sites is 1. The van der Waals surface area contributed by atoms with Crippen molar-refractivity contribution < 1.29 is 18.6 Å². The van der Waals surface area contributed by atoms with Crippen molar-refractivity contribution in [2.75, 3.05) is 19.8 Å². The molecular formula is C18H21N3O4. The molecule has 0 saturated carbocycles. The van der Waals surface area contributed by atoms with E-state index < -0.39 is 5.79 Å². The van der Waals surface area contributed by atoms with Gasteiger partial charge in [-0.3, -0.25) is 5.10 Å². The van der Waals surface area contributed by atoms with E-state index in [-0.39, 0.29) is 6.10 Å². The Hall–Kier alpha value is -2.22. The lowest BCUT2D eigenvalue weighted by Gasteiger charge is -2.24. The highest BCUT2D eigenvalue weighted by molar-refractivity contribution is 5.77. The van der Waals surface area contributed by atoms with Crippen molar-refractivity contribution in [2.24, 2.45) is 0 Å². The van der Waals surface area contributed by atoms with E-state index >= 15 is 0 Å². The standard InChI is InChI=1S/C18H21N3O4/c1-2-7-22-10-14-11-23-18(25-14,9-17-19-12-20-21-17)16-8-13-5-3-4-6-15(13)24-16/h3-6,8,12,14H,2,7,9-11H2,1H3,(H,19,20,21). The Kier molecular flexibility index (Phi) is 4.52. The highest BCUT2D eigenvalue weighted by atomic mass is 16.8. The highest BCUT2D eigenvalue weighted by Gasteiger charge is 2.47. The molecule has 0 spiro atoms. The lowest BCUT2D eigenvalue weighted by Crippen LogP contribution is -2.32. The van der Waals surface area contributed by atoms with Crippen molar-refractivity contribution in [3.05, 3.63) is 48.2 Å². The highest BCUT2D eigenvalue weighted by Crippen LogP contribution is 2.39. The molecule has 4 rings (SSSR count). The fourth-order valence-corrected chi connectivity index (χ4v) is 3.02. The average Bonchev–Trinajstić information content (AvgIpc) is 3.35. The molecule has 0 aliphatic carbocycles. The lowest BCUT2D eigenvalue weighted by atomic mass is 10.1. The summed E-state index contributed by atoms with van der Waals surface area (Å²) < 4.78 is 24.0. The van der Waals surface area contributed by atoms with E-state index in [9.17, 15) is 0 Å². The first-order valence-electron chi connectivity index (χ1n) is 8.52. The zero-order valence-electron chi connectivity index (χ0n) is 14.1. The number of aromatic nitrogens is 3. The topological polar surface area (TPSA) is 82.4 Å². The maximum Gasteiger partial charge on any atom is 0.236 e. The Morgan fingerprint density at radius 3 is 3.08 bits per heavy atom. The second-order valence-electron chi connectivity index (χ2n) is 6.14. The van der Waals surface area contributed by atoms with Crippen LogP contribution in [0.4, 0.5) is 0 Å². The normalized spacial score (nSPS) is 23.5. The Morgan fingerprint density at radius 1 is 1.36 bits per heavy atom. The predicted molar refractivity (Wildman–Crippen MR) is 89.9 cm³/mol. The van der Waals surface area contributed by atoms with Crippen molar-refractivity contribution >= 4 is 11.0 Å². The monoisotopic (exact) mass is 343 g/mol. The molecule has 0 radical (unpaired) electrons. The molecule has 0 bridgehead atoms. The Labute approximate surface area is 145 Å². The van der Waals surface area contributed by atoms with Crippen molar-refractivity contribution in [2.45, 2.75) is 31.7 Å². The van der Waals surface area contributed by atoms with E-state index in [0.717, 1.165) is 17.4 Å². The molecule has 2 unspecified atom stereocenters. The quantitative estimate of drug-likeness (QED) is 0.664. The summed E-state index contributed by atoms with van der Waals surface area (Å²) in [6.45, 7) is 3.72. The zero-order chi connectivity index (χ0) is 17.1. The van der Waals surface area contributed by atoms with E-state index in [0.29, 0.717) is 37.8 Å². The molecule has 3 heterocycles. The Balaban J connectivity index is 1.62. The number of furan rings is 1. The van der Waals surface area contributed by atoms with Gasteiger partial charge in [-0.1, -0.05) is 25.1 Å². The summed E-state index contributed by atoms with van der Waals surface area (Å²) in [5.41, 5.74) is 0.798. The van der Waals surface area contributed by atoms with Gasteiger partial charge in [-0.2, -0.15) is 5.10 Å². The SMILES string of the molecule is CCCOCC1COC(Cc2ncn[nH]2)(c2cc3ccccc3o2)O1. The molecule has 1 aliphatic heterocycles. The number of nitrogens with zero attached hydrogens (tertiary/aromatic N) is 2. The number of benzene rings is 1. The summed E-state index contributed by atoms with van der Waals surface area (Å²) in [4.78, 5) is 4.21. The lowest BCUT2D eigenvalue weighted by molar-refractivity contribution is -0.193. The van der Waals surface area contributed by atoms with Crippen molar-refractivity contribution in [3.63, 3.8) is 0 Å². The molecular weight excluding hydrogens is 322 g/mol. The number of aromatic amines is 1. The van der Waals surface area contributed by atoms with Crippen LogP contribution in [0, 0.1) is 0 Å². The van der Waals surface area contributed by atoms with Gasteiger partial charge < -0.3 is 18.6 Å². The third-order valence-corrected chi connectivity index (χ3v) is 4.18. The first kappa shape index (κ1) is 16.3. The van der Waals surface area contributed by atoms with Crippen LogP contribution in [0.2, 0.25) is 0 Å². The van der Waals surface area contributed by atoms with Gasteiger partial charge in [-0.05, 0) is 18.6 Å². The second kappa shape index (κ2) is 6.95. The fraction of sp³-hybridized carbons (Fsp3) is 0.444. The van der Waals surface area contributed by atoms with E-state index in [1.54, 1.807) is 0 Å². The molecule has 132 valence electrons. The number of fused-ring (bicyclic) bond motifs is 1. The molecule has 0 amide bonds. The van der Waals surface area contributed by atoms with E-state index in [4.69, 9.17) is 18.6 Å². The smallest absolute Gasteiger partial charge is 0.236 e. The summed E-state index contributed by atoms with van der Waals surface area (Å²) >= 11 is 0. The Morgan fingerprint density at radius 2 is 2.28 bits per heavy atom. The van der Waals surface area contributed by atoms with Crippen LogP contribution >= 0.6 is 0 Å². The summed E-state index contributed by atoms with van der Waals surface area (Å²) in [5, 5.41) is 7.78. The first-order chi connectivity index (χ1) is 12.3. The number of hydrogen-bond acceptors (Lipinski definition) is 6. The van der Waals surface area contributed by atoms with Gasteiger partial charge in [-0.25, -0.2) is 4.98 Å². The summed E-state index contributed by atoms with van der Waals surface area (Å²) in [6, 6.07) is 9.80. The molecule has 1 aliphatic rings. The van der Waals surface area contributed by atoms with Gasteiger partial charge >= 0.3 is 0 Å². The summed E-state index contributed by atoms with van der Waals surface area (Å²) in [7, 11) is 0. The molecule has 3 aromatic rings. The van der Waals surface area contributed by atoms with E-state index in [1.807, 2.05) is 30.3 Å². The van der Waals surface area contributed by atoms with Crippen LogP contribution in [-0.4, -0.2) is 41.1 Å². The van der Waals surface area contributed by atoms with Crippen molar-refractivity contribution in [3.8, 4) is 0 Å². The fourth-order valence-electron chi connectivity index (χ4n) is 3.02. The number of H-pyrrole nitrogens is 1. The Bertz CT molecular complexity index is 784. The van der Waals surface area contributed by atoms with Gasteiger partial charge in [0.25, 0.3) is 0 Å². The second-order valence-corrected chi connectivity index (χ2v) is 6.14. The molecule has 1 aromatic carbocycles. The molecule has 1 N–H and O–H groups in total. The number of hydrogen-bond donors (Lipinski definition) is 1. The molecule has 2 aromatic heterocycles. The van der Waals surface area contributed by atoms with Gasteiger partial charge in [0.15, 0.2) is 5.76 Å². The first-order valence-corrected chi connectivity index (χ1v) is 8.52. The molecule has 2 atom stereocenters. The number of ether oxygens (including phenoxy) is 3. The molecule has 1 saturated heterocycles. The largest absolute Gasteiger partial charge is 0.455 e. The van der Waals surface area contributed by atoms with E-state index in [2.05, 4.69) is 22.1 Å². The maximum atomic E-state index is 6.26. The molecule has 7 heteroatoms.